The average Bonchev–Trinajstić information content (AvgIpc) is 3.06. The number of carbonyl (C=O) groups is 1. The normalized spacial score (nSPS) is 27.8. The number of anilines is 1. The van der Waals surface area contributed by atoms with Gasteiger partial charge in [-0.25, -0.2) is 8.78 Å². The Bertz CT molecular complexity index is 511. The van der Waals surface area contributed by atoms with Gasteiger partial charge in [0.2, 0.25) is 5.91 Å². The first-order valence-corrected chi connectivity index (χ1v) is 7.10. The second-order valence-corrected chi connectivity index (χ2v) is 5.64. The molecule has 0 spiro atoms. The van der Waals surface area contributed by atoms with Crippen molar-refractivity contribution in [2.75, 3.05) is 25.0 Å². The van der Waals surface area contributed by atoms with Crippen LogP contribution in [0, 0.1) is 0 Å². The van der Waals surface area contributed by atoms with Crippen LogP contribution in [0.2, 0.25) is 0 Å². The molecule has 2 fully saturated rings. The van der Waals surface area contributed by atoms with Crippen molar-refractivity contribution < 1.29 is 13.6 Å². The fraction of sp³-hybridized carbons (Fsp3) is 0.571. The average molecular weight is 296 g/mol. The van der Waals surface area contributed by atoms with E-state index in [2.05, 4.69) is 15.6 Å². The second-order valence-electron chi connectivity index (χ2n) is 5.64. The minimum Gasteiger partial charge on any atom is -0.381 e. The third-order valence-corrected chi connectivity index (χ3v) is 3.96. The first kappa shape index (κ1) is 14.2. The molecular formula is C14H18F2N4O. The Morgan fingerprint density at radius 3 is 2.86 bits per heavy atom. The van der Waals surface area contributed by atoms with Gasteiger partial charge < -0.3 is 15.5 Å². The van der Waals surface area contributed by atoms with Crippen molar-refractivity contribution in [1.29, 1.82) is 0 Å². The van der Waals surface area contributed by atoms with Gasteiger partial charge in [0.15, 0.2) is 0 Å². The summed E-state index contributed by atoms with van der Waals surface area (Å²) < 4.78 is 26.3. The molecule has 7 heteroatoms. The highest BCUT2D eigenvalue weighted by Crippen LogP contribution is 2.28. The highest BCUT2D eigenvalue weighted by atomic mass is 19.3. The number of nitrogens with one attached hydrogen (secondary N) is 2. The van der Waals surface area contributed by atoms with Crippen LogP contribution in [-0.2, 0) is 4.79 Å². The molecule has 0 radical (unpaired) electrons. The number of amides is 1. The predicted octanol–water partition coefficient (Wildman–Crippen LogP) is 1.09. The number of alkyl halides is 2. The van der Waals surface area contributed by atoms with Crippen LogP contribution < -0.4 is 10.6 Å². The fourth-order valence-electron chi connectivity index (χ4n) is 2.86. The molecule has 2 saturated heterocycles. The number of pyridine rings is 1. The Morgan fingerprint density at radius 2 is 2.19 bits per heavy atom. The van der Waals surface area contributed by atoms with Gasteiger partial charge in [0.25, 0.3) is 5.92 Å². The summed E-state index contributed by atoms with van der Waals surface area (Å²) in [5, 5.41) is 6.43. The van der Waals surface area contributed by atoms with Crippen molar-refractivity contribution in [3.63, 3.8) is 0 Å². The number of nitrogens with zero attached hydrogens (tertiary/aromatic N) is 2. The Labute approximate surface area is 121 Å². The number of aromatic nitrogens is 1. The van der Waals surface area contributed by atoms with E-state index in [0.29, 0.717) is 13.0 Å². The predicted molar refractivity (Wildman–Crippen MR) is 74.2 cm³/mol. The highest BCUT2D eigenvalue weighted by Gasteiger charge is 2.43. The summed E-state index contributed by atoms with van der Waals surface area (Å²) in [5.41, 5.74) is 0.942. The van der Waals surface area contributed by atoms with Crippen LogP contribution in [0.3, 0.4) is 0 Å². The van der Waals surface area contributed by atoms with E-state index < -0.39 is 12.5 Å². The molecule has 3 rings (SSSR count). The molecule has 2 N–H and O–H groups in total. The number of rotatable bonds is 3. The van der Waals surface area contributed by atoms with E-state index in [9.17, 15) is 13.6 Å². The molecule has 0 saturated carbocycles. The maximum absolute atomic E-state index is 13.2. The summed E-state index contributed by atoms with van der Waals surface area (Å²) in [5.74, 6) is -2.95. The van der Waals surface area contributed by atoms with E-state index in [1.54, 1.807) is 12.4 Å². The zero-order valence-electron chi connectivity index (χ0n) is 11.6. The summed E-state index contributed by atoms with van der Waals surface area (Å²) in [4.78, 5) is 17.4. The number of hydrogen-bond acceptors (Lipinski definition) is 4. The van der Waals surface area contributed by atoms with Crippen LogP contribution in [0.1, 0.15) is 12.8 Å². The van der Waals surface area contributed by atoms with Gasteiger partial charge in [0, 0.05) is 43.6 Å². The lowest BCUT2D eigenvalue weighted by Gasteiger charge is -2.20. The molecule has 0 unspecified atom stereocenters. The Morgan fingerprint density at radius 1 is 1.43 bits per heavy atom. The molecule has 0 aromatic carbocycles. The van der Waals surface area contributed by atoms with Crippen molar-refractivity contribution in [3.05, 3.63) is 24.5 Å². The van der Waals surface area contributed by atoms with E-state index in [1.165, 1.54) is 4.90 Å². The minimum absolute atomic E-state index is 0.115. The fourth-order valence-corrected chi connectivity index (χ4v) is 2.86. The monoisotopic (exact) mass is 296 g/mol. The molecule has 2 atom stereocenters. The lowest BCUT2D eigenvalue weighted by atomic mass is 10.1. The zero-order chi connectivity index (χ0) is 14.9. The molecule has 3 heterocycles. The first-order chi connectivity index (χ1) is 10.0. The van der Waals surface area contributed by atoms with E-state index in [0.717, 1.165) is 5.69 Å². The quantitative estimate of drug-likeness (QED) is 0.877. The Hall–Kier alpha value is -1.76. The molecule has 5 nitrogen and oxygen atoms in total. The van der Waals surface area contributed by atoms with Gasteiger partial charge in [-0.1, -0.05) is 0 Å². The molecule has 1 aromatic heterocycles. The summed E-state index contributed by atoms with van der Waals surface area (Å²) in [6.45, 7) is 0.335. The topological polar surface area (TPSA) is 57.3 Å². The third kappa shape index (κ3) is 3.29. The van der Waals surface area contributed by atoms with Crippen molar-refractivity contribution >= 4 is 11.6 Å². The standard InChI is InChI=1S/C14H18F2N4O/c15-14(16)3-6-20(9-14)13(21)12-7-11(8-18-12)19-10-1-4-17-5-2-10/h1-2,4-5,11-12,18H,3,6-9H2,(H,17,19)/t11-,12-/m0/s1. The molecule has 2 aliphatic rings. The van der Waals surface area contributed by atoms with Crippen molar-refractivity contribution in [2.24, 2.45) is 0 Å². The largest absolute Gasteiger partial charge is 0.381 e. The van der Waals surface area contributed by atoms with E-state index in [-0.39, 0.29) is 31.0 Å². The first-order valence-electron chi connectivity index (χ1n) is 7.10. The Balaban J connectivity index is 1.54. The van der Waals surface area contributed by atoms with E-state index in [4.69, 9.17) is 0 Å². The van der Waals surface area contributed by atoms with E-state index in [1.807, 2.05) is 12.1 Å². The second kappa shape index (κ2) is 5.55. The van der Waals surface area contributed by atoms with Gasteiger partial charge in [-0.05, 0) is 18.6 Å². The maximum atomic E-state index is 13.2. The lowest BCUT2D eigenvalue weighted by molar-refractivity contribution is -0.133. The van der Waals surface area contributed by atoms with Gasteiger partial charge in [0.05, 0.1) is 12.6 Å². The van der Waals surface area contributed by atoms with E-state index >= 15 is 0 Å². The van der Waals surface area contributed by atoms with Gasteiger partial charge in [0.1, 0.15) is 0 Å². The molecule has 0 aliphatic carbocycles. The SMILES string of the molecule is O=C([C@@H]1C[C@H](Nc2ccncc2)CN1)N1CCC(F)(F)C1. The number of likely N-dealkylation sites (tertiary alicyclic amines) is 1. The molecule has 1 amide bonds. The van der Waals surface area contributed by atoms with Crippen molar-refractivity contribution in [1.82, 2.24) is 15.2 Å². The van der Waals surface area contributed by atoms with Crippen LogP contribution in [0.25, 0.3) is 0 Å². The third-order valence-electron chi connectivity index (χ3n) is 3.96. The van der Waals surface area contributed by atoms with Crippen LogP contribution >= 0.6 is 0 Å². The highest BCUT2D eigenvalue weighted by molar-refractivity contribution is 5.82. The summed E-state index contributed by atoms with van der Waals surface area (Å²) >= 11 is 0. The number of carbonyl (C=O) groups excluding carboxylic acids is 1. The molecule has 2 aliphatic heterocycles. The smallest absolute Gasteiger partial charge is 0.267 e. The van der Waals surface area contributed by atoms with Crippen LogP contribution in [0.4, 0.5) is 14.5 Å². The molecule has 114 valence electrons. The summed E-state index contributed by atoms with van der Waals surface area (Å²) in [6.07, 6.45) is 3.76. The molecular weight excluding hydrogens is 278 g/mol. The number of halogens is 2. The molecule has 21 heavy (non-hydrogen) atoms. The van der Waals surface area contributed by atoms with Gasteiger partial charge in [-0.15, -0.1) is 0 Å². The molecule has 1 aromatic rings. The van der Waals surface area contributed by atoms with Crippen LogP contribution in [0.15, 0.2) is 24.5 Å². The lowest BCUT2D eigenvalue weighted by Crippen LogP contribution is -2.43. The summed E-state index contributed by atoms with van der Waals surface area (Å²) in [7, 11) is 0. The van der Waals surface area contributed by atoms with Gasteiger partial charge in [-0.2, -0.15) is 0 Å². The zero-order valence-corrected chi connectivity index (χ0v) is 11.6. The Kier molecular flexibility index (Phi) is 3.75. The van der Waals surface area contributed by atoms with Crippen molar-refractivity contribution in [3.8, 4) is 0 Å². The summed E-state index contributed by atoms with van der Waals surface area (Å²) in [6, 6.07) is 3.45. The maximum Gasteiger partial charge on any atom is 0.267 e. The van der Waals surface area contributed by atoms with Crippen LogP contribution in [0.5, 0.6) is 0 Å². The van der Waals surface area contributed by atoms with Crippen molar-refractivity contribution in [2.45, 2.75) is 30.8 Å². The van der Waals surface area contributed by atoms with Crippen LogP contribution in [-0.4, -0.2) is 53.4 Å². The number of hydrogen-bond donors (Lipinski definition) is 2. The van der Waals surface area contributed by atoms with Gasteiger partial charge >= 0.3 is 0 Å². The molecule has 0 bridgehead atoms. The minimum atomic E-state index is -2.73. The van der Waals surface area contributed by atoms with Gasteiger partial charge in [-0.3, -0.25) is 9.78 Å².